The van der Waals surface area contributed by atoms with E-state index in [0.29, 0.717) is 5.56 Å². The highest BCUT2D eigenvalue weighted by atomic mass is 16.2. The maximum Gasteiger partial charge on any atom is 0.251 e. The summed E-state index contributed by atoms with van der Waals surface area (Å²) in [6, 6.07) is 16.2. The second-order valence-corrected chi connectivity index (χ2v) is 5.70. The van der Waals surface area contributed by atoms with E-state index in [1.54, 1.807) is 31.2 Å². The summed E-state index contributed by atoms with van der Waals surface area (Å²) in [5, 5.41) is 5.63. The van der Waals surface area contributed by atoms with Crippen LogP contribution in [0.15, 0.2) is 54.6 Å². The number of aryl methyl sites for hydroxylation is 1. The van der Waals surface area contributed by atoms with Crippen LogP contribution >= 0.6 is 0 Å². The van der Waals surface area contributed by atoms with Crippen LogP contribution in [0.5, 0.6) is 0 Å². The number of hydrogen-bond donors (Lipinski definition) is 2. The van der Waals surface area contributed by atoms with Crippen LogP contribution in [0.4, 0.5) is 0 Å². The average Bonchev–Trinajstić information content (AvgIpc) is 2.56. The maximum absolute atomic E-state index is 12.2. The summed E-state index contributed by atoms with van der Waals surface area (Å²) in [5.41, 5.74) is 2.75. The van der Waals surface area contributed by atoms with Crippen LogP contribution in [0.25, 0.3) is 0 Å². The first kappa shape index (κ1) is 16.7. The summed E-state index contributed by atoms with van der Waals surface area (Å²) < 4.78 is 0. The van der Waals surface area contributed by atoms with E-state index in [0.717, 1.165) is 5.56 Å². The summed E-state index contributed by atoms with van der Waals surface area (Å²) in [7, 11) is 0. The fraction of sp³-hybridized carbons (Fsp3) is 0.263. The first-order chi connectivity index (χ1) is 11.0. The predicted molar refractivity (Wildman–Crippen MR) is 91.1 cm³/mol. The van der Waals surface area contributed by atoms with Crippen molar-refractivity contribution in [2.75, 3.05) is 0 Å². The Labute approximate surface area is 136 Å². The molecule has 0 aliphatic carbocycles. The Morgan fingerprint density at radius 1 is 0.870 bits per heavy atom. The zero-order valence-electron chi connectivity index (χ0n) is 13.7. The topological polar surface area (TPSA) is 58.2 Å². The largest absolute Gasteiger partial charge is 0.348 e. The monoisotopic (exact) mass is 310 g/mol. The minimum Gasteiger partial charge on any atom is -0.348 e. The molecule has 0 saturated heterocycles. The lowest BCUT2D eigenvalue weighted by molar-refractivity contribution is -0.123. The molecule has 0 spiro atoms. The Hall–Kier alpha value is -2.62. The second kappa shape index (κ2) is 7.58. The molecule has 0 fully saturated rings. The third kappa shape index (κ3) is 4.68. The molecule has 4 heteroatoms. The molecular formula is C19H22N2O2. The van der Waals surface area contributed by atoms with Crippen molar-refractivity contribution >= 4 is 11.8 Å². The van der Waals surface area contributed by atoms with Gasteiger partial charge in [0, 0.05) is 5.56 Å². The molecular weight excluding hydrogens is 288 g/mol. The van der Waals surface area contributed by atoms with E-state index in [-0.39, 0.29) is 17.9 Å². The first-order valence-corrected chi connectivity index (χ1v) is 7.70. The summed E-state index contributed by atoms with van der Waals surface area (Å²) in [5.74, 6) is -0.460. The van der Waals surface area contributed by atoms with Crippen molar-refractivity contribution in [2.45, 2.75) is 32.9 Å². The molecule has 23 heavy (non-hydrogen) atoms. The lowest BCUT2D eigenvalue weighted by atomic mass is 10.1. The Morgan fingerprint density at radius 2 is 1.48 bits per heavy atom. The molecule has 2 amide bonds. The lowest BCUT2D eigenvalue weighted by Crippen LogP contribution is -2.45. The fourth-order valence-electron chi connectivity index (χ4n) is 2.21. The van der Waals surface area contributed by atoms with Crippen LogP contribution in [0.1, 0.15) is 41.4 Å². The minimum absolute atomic E-state index is 0.112. The first-order valence-electron chi connectivity index (χ1n) is 7.70. The van der Waals surface area contributed by atoms with Crippen LogP contribution in [0.3, 0.4) is 0 Å². The molecule has 2 atom stereocenters. The normalized spacial score (nSPS) is 13.0. The highest BCUT2D eigenvalue weighted by Crippen LogP contribution is 2.13. The fourth-order valence-corrected chi connectivity index (χ4v) is 2.21. The molecule has 0 aliphatic heterocycles. The van der Waals surface area contributed by atoms with Crippen molar-refractivity contribution in [3.63, 3.8) is 0 Å². The van der Waals surface area contributed by atoms with Gasteiger partial charge in [-0.3, -0.25) is 9.59 Å². The molecule has 0 heterocycles. The molecule has 0 aromatic heterocycles. The lowest BCUT2D eigenvalue weighted by Gasteiger charge is -2.19. The summed E-state index contributed by atoms with van der Waals surface area (Å²) in [6.45, 7) is 5.63. The van der Waals surface area contributed by atoms with Gasteiger partial charge in [0.15, 0.2) is 0 Å². The van der Waals surface area contributed by atoms with E-state index in [1.165, 1.54) is 5.56 Å². The van der Waals surface area contributed by atoms with Crippen molar-refractivity contribution in [3.8, 4) is 0 Å². The van der Waals surface area contributed by atoms with E-state index < -0.39 is 6.04 Å². The van der Waals surface area contributed by atoms with Gasteiger partial charge in [-0.05, 0) is 38.5 Å². The van der Waals surface area contributed by atoms with Crippen LogP contribution in [-0.2, 0) is 4.79 Å². The number of nitrogens with one attached hydrogen (secondary N) is 2. The Morgan fingerprint density at radius 3 is 2.09 bits per heavy atom. The standard InChI is InChI=1S/C19H22N2O2/c1-13-9-11-16(12-10-13)14(2)20-18(22)15(3)21-19(23)17-7-5-4-6-8-17/h4-12,14-15H,1-3H3,(H,20,22)(H,21,23)/t14-,15-/m0/s1. The van der Waals surface area contributed by atoms with Gasteiger partial charge in [0.2, 0.25) is 5.91 Å². The zero-order chi connectivity index (χ0) is 16.8. The number of hydrogen-bond acceptors (Lipinski definition) is 2. The number of rotatable bonds is 5. The number of carbonyl (C=O) groups excluding carboxylic acids is 2. The summed E-state index contributed by atoms with van der Waals surface area (Å²) >= 11 is 0. The number of benzene rings is 2. The van der Waals surface area contributed by atoms with Crippen molar-refractivity contribution in [1.29, 1.82) is 0 Å². The van der Waals surface area contributed by atoms with E-state index in [1.807, 2.05) is 44.2 Å². The van der Waals surface area contributed by atoms with E-state index >= 15 is 0 Å². The van der Waals surface area contributed by atoms with Gasteiger partial charge in [-0.1, -0.05) is 48.0 Å². The number of amides is 2. The van der Waals surface area contributed by atoms with Crippen LogP contribution in [0.2, 0.25) is 0 Å². The molecule has 0 bridgehead atoms. The molecule has 120 valence electrons. The highest BCUT2D eigenvalue weighted by molar-refractivity contribution is 5.97. The second-order valence-electron chi connectivity index (χ2n) is 5.70. The molecule has 0 unspecified atom stereocenters. The Kier molecular flexibility index (Phi) is 5.52. The van der Waals surface area contributed by atoms with Gasteiger partial charge < -0.3 is 10.6 Å². The molecule has 0 aliphatic rings. The van der Waals surface area contributed by atoms with Crippen molar-refractivity contribution in [3.05, 3.63) is 71.3 Å². The van der Waals surface area contributed by atoms with Crippen LogP contribution in [-0.4, -0.2) is 17.9 Å². The van der Waals surface area contributed by atoms with Crippen LogP contribution in [0, 0.1) is 6.92 Å². The quantitative estimate of drug-likeness (QED) is 0.892. The molecule has 2 aromatic rings. The predicted octanol–water partition coefficient (Wildman–Crippen LogP) is 2.99. The molecule has 2 aromatic carbocycles. The Balaban J connectivity index is 1.92. The van der Waals surface area contributed by atoms with Gasteiger partial charge in [0.1, 0.15) is 6.04 Å². The third-order valence-corrected chi connectivity index (χ3v) is 3.71. The minimum atomic E-state index is -0.601. The van der Waals surface area contributed by atoms with E-state index in [9.17, 15) is 9.59 Å². The number of carbonyl (C=O) groups is 2. The summed E-state index contributed by atoms with van der Waals surface area (Å²) in [6.07, 6.45) is 0. The SMILES string of the molecule is Cc1ccc([C@H](C)NC(=O)[C@H](C)NC(=O)c2ccccc2)cc1. The van der Waals surface area contributed by atoms with Gasteiger partial charge in [-0.2, -0.15) is 0 Å². The van der Waals surface area contributed by atoms with Gasteiger partial charge in [-0.25, -0.2) is 0 Å². The van der Waals surface area contributed by atoms with Crippen molar-refractivity contribution in [2.24, 2.45) is 0 Å². The Bertz CT molecular complexity index is 666. The molecule has 2 N–H and O–H groups in total. The molecule has 0 radical (unpaired) electrons. The van der Waals surface area contributed by atoms with E-state index in [4.69, 9.17) is 0 Å². The van der Waals surface area contributed by atoms with Gasteiger partial charge >= 0.3 is 0 Å². The molecule has 0 saturated carbocycles. The smallest absolute Gasteiger partial charge is 0.251 e. The van der Waals surface area contributed by atoms with E-state index in [2.05, 4.69) is 10.6 Å². The zero-order valence-corrected chi connectivity index (χ0v) is 13.7. The van der Waals surface area contributed by atoms with Gasteiger partial charge in [-0.15, -0.1) is 0 Å². The highest BCUT2D eigenvalue weighted by Gasteiger charge is 2.18. The molecule has 4 nitrogen and oxygen atoms in total. The van der Waals surface area contributed by atoms with Crippen LogP contribution < -0.4 is 10.6 Å². The van der Waals surface area contributed by atoms with Crippen molar-refractivity contribution < 1.29 is 9.59 Å². The van der Waals surface area contributed by atoms with Gasteiger partial charge in [0.25, 0.3) is 5.91 Å². The summed E-state index contributed by atoms with van der Waals surface area (Å²) in [4.78, 5) is 24.3. The van der Waals surface area contributed by atoms with Gasteiger partial charge in [0.05, 0.1) is 6.04 Å². The van der Waals surface area contributed by atoms with Crippen molar-refractivity contribution in [1.82, 2.24) is 10.6 Å². The molecule has 2 rings (SSSR count). The third-order valence-electron chi connectivity index (χ3n) is 3.71. The maximum atomic E-state index is 12.2. The average molecular weight is 310 g/mol.